The van der Waals surface area contributed by atoms with Crippen molar-refractivity contribution in [1.29, 1.82) is 0 Å². The minimum atomic E-state index is -0.162. The van der Waals surface area contributed by atoms with Crippen molar-refractivity contribution in [2.24, 2.45) is 0 Å². The van der Waals surface area contributed by atoms with Gasteiger partial charge in [-0.05, 0) is 43.9 Å². The predicted molar refractivity (Wildman–Crippen MR) is 113 cm³/mol. The molecule has 2 aromatic heterocycles. The second-order valence-corrected chi connectivity index (χ2v) is 7.36. The van der Waals surface area contributed by atoms with Crippen molar-refractivity contribution in [3.05, 3.63) is 48.4 Å². The van der Waals surface area contributed by atoms with Crippen LogP contribution in [0.3, 0.4) is 0 Å². The lowest BCUT2D eigenvalue weighted by atomic mass is 9.93. The molecule has 2 heterocycles. The lowest BCUT2D eigenvalue weighted by molar-refractivity contribution is 0.0884. The molecule has 1 aliphatic carbocycles. The number of hydrogen-bond acceptors (Lipinski definition) is 7. The highest BCUT2D eigenvalue weighted by molar-refractivity contribution is 5.93. The Morgan fingerprint density at radius 3 is 2.65 bits per heavy atom. The molecule has 0 bridgehead atoms. The average molecular weight is 423 g/mol. The number of ether oxygens (including phenoxy) is 3. The minimum absolute atomic E-state index is 0.0429. The summed E-state index contributed by atoms with van der Waals surface area (Å²) < 4.78 is 16.2. The Labute approximate surface area is 180 Å². The van der Waals surface area contributed by atoms with Gasteiger partial charge in [0.1, 0.15) is 17.5 Å². The van der Waals surface area contributed by atoms with Gasteiger partial charge in [0, 0.05) is 11.6 Å². The summed E-state index contributed by atoms with van der Waals surface area (Å²) in [7, 11) is 3.16. The Morgan fingerprint density at radius 2 is 1.87 bits per heavy atom. The first-order valence-electron chi connectivity index (χ1n) is 10.2. The number of aromatic nitrogens is 4. The van der Waals surface area contributed by atoms with Crippen molar-refractivity contribution < 1.29 is 19.0 Å². The van der Waals surface area contributed by atoms with E-state index in [9.17, 15) is 4.79 Å². The Morgan fingerprint density at radius 1 is 1.06 bits per heavy atom. The largest absolute Gasteiger partial charge is 0.497 e. The topological polar surface area (TPSA) is 111 Å². The predicted octanol–water partition coefficient (Wildman–Crippen LogP) is 3.00. The van der Waals surface area contributed by atoms with Gasteiger partial charge in [-0.15, -0.1) is 0 Å². The van der Waals surface area contributed by atoms with Crippen LogP contribution in [0, 0.1) is 0 Å². The summed E-state index contributed by atoms with van der Waals surface area (Å²) in [6, 6.07) is 9.40. The van der Waals surface area contributed by atoms with E-state index in [0.717, 1.165) is 37.0 Å². The Bertz CT molecular complexity index is 1030. The number of carbonyl (C=O) groups is 1. The zero-order chi connectivity index (χ0) is 21.6. The van der Waals surface area contributed by atoms with Crippen LogP contribution < -0.4 is 19.5 Å². The van der Waals surface area contributed by atoms with Gasteiger partial charge < -0.3 is 19.5 Å². The first-order chi connectivity index (χ1) is 15.1. The standard InChI is InChI=1S/C22H25N5O4/c1-29-17-5-3-4-14(10-17)18-11-19(27-26-18)22(28)24-15-6-8-16(9-7-15)31-21-13-23-12-20(25-21)30-2/h3-5,10-13,15-16H,6-9H2,1-2H3,(H,24,28)(H,26,27). The third-order valence-corrected chi connectivity index (χ3v) is 5.28. The van der Waals surface area contributed by atoms with Crippen LogP contribution in [0.1, 0.15) is 36.2 Å². The van der Waals surface area contributed by atoms with Gasteiger partial charge in [-0.3, -0.25) is 14.9 Å². The molecule has 4 rings (SSSR count). The number of H-pyrrole nitrogens is 1. The lowest BCUT2D eigenvalue weighted by Crippen LogP contribution is -2.39. The molecule has 0 aliphatic heterocycles. The van der Waals surface area contributed by atoms with Crippen molar-refractivity contribution in [2.45, 2.75) is 37.8 Å². The summed E-state index contributed by atoms with van der Waals surface area (Å²) in [6.07, 6.45) is 6.45. The average Bonchev–Trinajstić information content (AvgIpc) is 3.31. The van der Waals surface area contributed by atoms with Crippen LogP contribution >= 0.6 is 0 Å². The molecule has 9 heteroatoms. The van der Waals surface area contributed by atoms with Crippen LogP contribution in [0.4, 0.5) is 0 Å². The van der Waals surface area contributed by atoms with E-state index in [4.69, 9.17) is 14.2 Å². The quantitative estimate of drug-likeness (QED) is 0.601. The molecule has 1 saturated carbocycles. The zero-order valence-corrected chi connectivity index (χ0v) is 17.5. The number of methoxy groups -OCH3 is 2. The van der Waals surface area contributed by atoms with Gasteiger partial charge in [0.2, 0.25) is 11.8 Å². The summed E-state index contributed by atoms with van der Waals surface area (Å²) in [6.45, 7) is 0. The number of aromatic amines is 1. The van der Waals surface area contributed by atoms with Crippen LogP contribution in [0.25, 0.3) is 11.3 Å². The minimum Gasteiger partial charge on any atom is -0.497 e. The first kappa shape index (κ1) is 20.6. The maximum Gasteiger partial charge on any atom is 0.269 e. The van der Waals surface area contributed by atoms with E-state index in [1.54, 1.807) is 26.5 Å². The van der Waals surface area contributed by atoms with E-state index >= 15 is 0 Å². The van der Waals surface area contributed by atoms with Crippen LogP contribution in [0.15, 0.2) is 42.7 Å². The molecule has 0 saturated heterocycles. The molecule has 0 spiro atoms. The van der Waals surface area contributed by atoms with Crippen molar-refractivity contribution in [3.8, 4) is 28.8 Å². The number of carbonyl (C=O) groups excluding carboxylic acids is 1. The van der Waals surface area contributed by atoms with Crippen LogP contribution in [-0.2, 0) is 0 Å². The second kappa shape index (κ2) is 9.46. The third-order valence-electron chi connectivity index (χ3n) is 5.28. The molecular weight excluding hydrogens is 398 g/mol. The van der Waals surface area contributed by atoms with Gasteiger partial charge in [0.05, 0.1) is 32.3 Å². The van der Waals surface area contributed by atoms with Gasteiger partial charge in [-0.2, -0.15) is 10.1 Å². The van der Waals surface area contributed by atoms with Gasteiger partial charge in [0.25, 0.3) is 5.91 Å². The lowest BCUT2D eigenvalue weighted by Gasteiger charge is -2.29. The highest BCUT2D eigenvalue weighted by Gasteiger charge is 2.25. The Balaban J connectivity index is 1.29. The zero-order valence-electron chi connectivity index (χ0n) is 17.5. The molecule has 0 unspecified atom stereocenters. The van der Waals surface area contributed by atoms with Crippen molar-refractivity contribution in [2.75, 3.05) is 14.2 Å². The maximum absolute atomic E-state index is 12.7. The molecular formula is C22H25N5O4. The fraction of sp³-hybridized carbons (Fsp3) is 0.364. The number of amides is 1. The molecule has 1 fully saturated rings. The summed E-state index contributed by atoms with van der Waals surface area (Å²) in [5.74, 6) is 1.45. The second-order valence-electron chi connectivity index (χ2n) is 7.36. The molecule has 1 aromatic carbocycles. The van der Waals surface area contributed by atoms with Crippen LogP contribution in [0.2, 0.25) is 0 Å². The van der Waals surface area contributed by atoms with E-state index in [0.29, 0.717) is 23.1 Å². The normalized spacial score (nSPS) is 18.3. The Hall–Kier alpha value is -3.62. The SMILES string of the molecule is COc1cccc(-c2cc(C(=O)NC3CCC(Oc4cncc(OC)n4)CC3)[nH]n2)c1. The van der Waals surface area contributed by atoms with Gasteiger partial charge >= 0.3 is 0 Å². The van der Waals surface area contributed by atoms with Gasteiger partial charge in [-0.1, -0.05) is 12.1 Å². The number of hydrogen-bond donors (Lipinski definition) is 2. The first-order valence-corrected chi connectivity index (χ1v) is 10.2. The number of benzene rings is 1. The highest BCUT2D eigenvalue weighted by atomic mass is 16.5. The number of nitrogens with one attached hydrogen (secondary N) is 2. The van der Waals surface area contributed by atoms with E-state index in [1.807, 2.05) is 24.3 Å². The van der Waals surface area contributed by atoms with Crippen molar-refractivity contribution >= 4 is 5.91 Å². The maximum atomic E-state index is 12.7. The summed E-state index contributed by atoms with van der Waals surface area (Å²) in [5, 5.41) is 10.2. The fourth-order valence-corrected chi connectivity index (χ4v) is 3.61. The Kier molecular flexibility index (Phi) is 6.30. The fourth-order valence-electron chi connectivity index (χ4n) is 3.61. The molecule has 0 radical (unpaired) electrons. The molecule has 1 amide bonds. The summed E-state index contributed by atoms with van der Waals surface area (Å²) >= 11 is 0. The number of rotatable bonds is 7. The monoisotopic (exact) mass is 423 g/mol. The molecule has 2 N–H and O–H groups in total. The van der Waals surface area contributed by atoms with Gasteiger partial charge in [-0.25, -0.2) is 0 Å². The smallest absolute Gasteiger partial charge is 0.269 e. The molecule has 162 valence electrons. The van der Waals surface area contributed by atoms with Crippen molar-refractivity contribution in [3.63, 3.8) is 0 Å². The molecule has 0 atom stereocenters. The van der Waals surface area contributed by atoms with Crippen LogP contribution in [-0.4, -0.2) is 52.4 Å². The highest BCUT2D eigenvalue weighted by Crippen LogP contribution is 2.25. The van der Waals surface area contributed by atoms with Gasteiger partial charge in [0.15, 0.2) is 0 Å². The van der Waals surface area contributed by atoms with E-state index in [2.05, 4.69) is 25.5 Å². The molecule has 9 nitrogen and oxygen atoms in total. The third kappa shape index (κ3) is 5.11. The van der Waals surface area contributed by atoms with Crippen molar-refractivity contribution in [1.82, 2.24) is 25.5 Å². The van der Waals surface area contributed by atoms with E-state index in [1.165, 1.54) is 6.20 Å². The molecule has 31 heavy (non-hydrogen) atoms. The molecule has 1 aliphatic rings. The van der Waals surface area contributed by atoms with E-state index < -0.39 is 0 Å². The van der Waals surface area contributed by atoms with Crippen LogP contribution in [0.5, 0.6) is 17.5 Å². The molecule has 3 aromatic rings. The van der Waals surface area contributed by atoms with E-state index in [-0.39, 0.29) is 18.1 Å². The number of nitrogens with zero attached hydrogens (tertiary/aromatic N) is 3. The summed E-state index contributed by atoms with van der Waals surface area (Å²) in [5.41, 5.74) is 2.01. The summed E-state index contributed by atoms with van der Waals surface area (Å²) in [4.78, 5) is 20.9.